The van der Waals surface area contributed by atoms with Crippen LogP contribution in [-0.2, 0) is 4.79 Å². The number of benzene rings is 2. The number of nitrogens with one attached hydrogen (secondary N) is 2. The Bertz CT molecular complexity index is 1020. The van der Waals surface area contributed by atoms with Gasteiger partial charge in [-0.1, -0.05) is 31.5 Å². The minimum atomic E-state index is -0.328. The van der Waals surface area contributed by atoms with Gasteiger partial charge >= 0.3 is 0 Å². The maximum absolute atomic E-state index is 12.7. The maximum Gasteiger partial charge on any atom is 0.257 e. The third kappa shape index (κ3) is 7.08. The van der Waals surface area contributed by atoms with E-state index in [-0.39, 0.29) is 16.9 Å². The SMILES string of the molecule is CCCOc1cccc(C(=O)NC(=S)Nc2cc(Cl)ccc2N2CCN(C(=O)CCC)CC2)c1. The molecule has 0 aliphatic carbocycles. The number of rotatable bonds is 8. The van der Waals surface area contributed by atoms with Crippen LogP contribution >= 0.6 is 23.8 Å². The van der Waals surface area contributed by atoms with Gasteiger partial charge in [-0.2, -0.15) is 0 Å². The third-order valence-corrected chi connectivity index (χ3v) is 5.88. The van der Waals surface area contributed by atoms with Gasteiger partial charge in [0.1, 0.15) is 5.75 Å². The van der Waals surface area contributed by atoms with Crippen molar-refractivity contribution in [2.45, 2.75) is 33.1 Å². The Labute approximate surface area is 211 Å². The lowest BCUT2D eigenvalue weighted by Crippen LogP contribution is -2.49. The van der Waals surface area contributed by atoms with Gasteiger partial charge in [-0.25, -0.2) is 0 Å². The molecule has 1 aliphatic rings. The first-order valence-electron chi connectivity index (χ1n) is 11.6. The number of ether oxygens (including phenoxy) is 1. The van der Waals surface area contributed by atoms with E-state index >= 15 is 0 Å². The molecule has 1 heterocycles. The minimum absolute atomic E-state index is 0.171. The standard InChI is InChI=1S/C25H31ClN4O3S/c1-3-6-23(31)30-13-11-29(12-14-30)22-10-9-19(26)17-21(22)27-25(34)28-24(32)18-7-5-8-20(16-18)33-15-4-2/h5,7-10,16-17H,3-4,6,11-15H2,1-2H3,(H2,27,28,32,34). The fraction of sp³-hybridized carbons (Fsp3) is 0.400. The lowest BCUT2D eigenvalue weighted by molar-refractivity contribution is -0.131. The first-order valence-corrected chi connectivity index (χ1v) is 12.4. The molecule has 1 aliphatic heterocycles. The Morgan fingerprint density at radius 1 is 1.06 bits per heavy atom. The number of amides is 2. The van der Waals surface area contributed by atoms with Crippen LogP contribution < -0.4 is 20.3 Å². The Balaban J connectivity index is 1.64. The van der Waals surface area contributed by atoms with E-state index in [2.05, 4.69) is 15.5 Å². The molecule has 2 aromatic carbocycles. The van der Waals surface area contributed by atoms with Crippen LogP contribution in [-0.4, -0.2) is 54.6 Å². The molecule has 1 fully saturated rings. The lowest BCUT2D eigenvalue weighted by atomic mass is 10.2. The number of nitrogens with zero attached hydrogens (tertiary/aromatic N) is 2. The highest BCUT2D eigenvalue weighted by atomic mass is 35.5. The molecular formula is C25H31ClN4O3S. The summed E-state index contributed by atoms with van der Waals surface area (Å²) in [4.78, 5) is 29.0. The average Bonchev–Trinajstić information content (AvgIpc) is 2.83. The van der Waals surface area contributed by atoms with Crippen LogP contribution in [0, 0.1) is 0 Å². The highest BCUT2D eigenvalue weighted by Crippen LogP contribution is 2.30. The molecule has 0 bridgehead atoms. The van der Waals surface area contributed by atoms with E-state index in [1.54, 1.807) is 24.3 Å². The summed E-state index contributed by atoms with van der Waals surface area (Å²) in [5.41, 5.74) is 2.07. The molecule has 1 saturated heterocycles. The van der Waals surface area contributed by atoms with E-state index in [4.69, 9.17) is 28.6 Å². The second kappa shape index (κ2) is 12.6. The number of hydrogen-bond donors (Lipinski definition) is 2. The fourth-order valence-electron chi connectivity index (χ4n) is 3.73. The van der Waals surface area contributed by atoms with Gasteiger partial charge in [0.05, 0.1) is 18.0 Å². The second-order valence-corrected chi connectivity index (χ2v) is 8.91. The molecular weight excluding hydrogens is 472 g/mol. The largest absolute Gasteiger partial charge is 0.494 e. The third-order valence-electron chi connectivity index (χ3n) is 5.44. The molecule has 0 atom stereocenters. The van der Waals surface area contributed by atoms with E-state index in [9.17, 15) is 9.59 Å². The molecule has 3 rings (SSSR count). The quantitative estimate of drug-likeness (QED) is 0.509. The molecule has 7 nitrogen and oxygen atoms in total. The summed E-state index contributed by atoms with van der Waals surface area (Å²) in [5, 5.41) is 6.56. The van der Waals surface area contributed by atoms with E-state index < -0.39 is 0 Å². The number of carbonyl (C=O) groups excluding carboxylic acids is 2. The lowest BCUT2D eigenvalue weighted by Gasteiger charge is -2.37. The van der Waals surface area contributed by atoms with Crippen LogP contribution in [0.2, 0.25) is 5.02 Å². The molecule has 9 heteroatoms. The molecule has 34 heavy (non-hydrogen) atoms. The number of thiocarbonyl (C=S) groups is 1. The zero-order valence-corrected chi connectivity index (χ0v) is 21.2. The van der Waals surface area contributed by atoms with Gasteiger partial charge in [-0.3, -0.25) is 14.9 Å². The van der Waals surface area contributed by atoms with Crippen molar-refractivity contribution < 1.29 is 14.3 Å². The fourth-order valence-corrected chi connectivity index (χ4v) is 4.10. The molecule has 0 radical (unpaired) electrons. The Morgan fingerprint density at radius 2 is 1.82 bits per heavy atom. The van der Waals surface area contributed by atoms with E-state index in [1.165, 1.54) is 0 Å². The summed E-state index contributed by atoms with van der Waals surface area (Å²) in [6.45, 7) is 7.36. The molecule has 0 aromatic heterocycles. The summed E-state index contributed by atoms with van der Waals surface area (Å²) in [7, 11) is 0. The topological polar surface area (TPSA) is 73.9 Å². The molecule has 182 valence electrons. The minimum Gasteiger partial charge on any atom is -0.494 e. The molecule has 2 aromatic rings. The van der Waals surface area contributed by atoms with Crippen molar-refractivity contribution in [1.29, 1.82) is 0 Å². The molecule has 0 spiro atoms. The van der Waals surface area contributed by atoms with E-state index in [0.717, 1.165) is 18.5 Å². The van der Waals surface area contributed by atoms with Crippen LogP contribution in [0.3, 0.4) is 0 Å². The van der Waals surface area contributed by atoms with Crippen molar-refractivity contribution in [3.63, 3.8) is 0 Å². The Hall–Kier alpha value is -2.84. The van der Waals surface area contributed by atoms with Crippen molar-refractivity contribution in [3.05, 3.63) is 53.1 Å². The first kappa shape index (κ1) is 25.8. The smallest absolute Gasteiger partial charge is 0.257 e. The normalized spacial score (nSPS) is 13.4. The second-order valence-electron chi connectivity index (χ2n) is 8.06. The van der Waals surface area contributed by atoms with Gasteiger partial charge in [0, 0.05) is 43.2 Å². The number of hydrogen-bond acceptors (Lipinski definition) is 5. The van der Waals surface area contributed by atoms with Crippen molar-refractivity contribution >= 4 is 52.1 Å². The predicted octanol–water partition coefficient (Wildman–Crippen LogP) is 4.70. The van der Waals surface area contributed by atoms with Gasteiger partial charge in [-0.15, -0.1) is 0 Å². The van der Waals surface area contributed by atoms with Crippen LogP contribution in [0.5, 0.6) is 5.75 Å². The van der Waals surface area contributed by atoms with Crippen LogP contribution in [0.25, 0.3) is 0 Å². The van der Waals surface area contributed by atoms with Crippen LogP contribution in [0.1, 0.15) is 43.5 Å². The number of carbonyl (C=O) groups is 2. The maximum atomic E-state index is 12.7. The molecule has 0 saturated carbocycles. The predicted molar refractivity (Wildman–Crippen MR) is 141 cm³/mol. The Kier molecular flexibility index (Phi) is 9.53. The van der Waals surface area contributed by atoms with Crippen molar-refractivity contribution in [1.82, 2.24) is 10.2 Å². The van der Waals surface area contributed by atoms with E-state index in [1.807, 2.05) is 36.9 Å². The van der Waals surface area contributed by atoms with Crippen LogP contribution in [0.15, 0.2) is 42.5 Å². The molecule has 0 unspecified atom stereocenters. The zero-order valence-electron chi connectivity index (χ0n) is 19.6. The highest BCUT2D eigenvalue weighted by molar-refractivity contribution is 7.80. The van der Waals surface area contributed by atoms with Crippen LogP contribution in [0.4, 0.5) is 11.4 Å². The van der Waals surface area contributed by atoms with Crippen molar-refractivity contribution in [3.8, 4) is 5.75 Å². The summed E-state index contributed by atoms with van der Waals surface area (Å²) in [6.07, 6.45) is 2.31. The highest BCUT2D eigenvalue weighted by Gasteiger charge is 2.22. The summed E-state index contributed by atoms with van der Waals surface area (Å²) < 4.78 is 5.61. The van der Waals surface area contributed by atoms with Crippen molar-refractivity contribution in [2.75, 3.05) is 43.0 Å². The monoisotopic (exact) mass is 502 g/mol. The number of anilines is 2. The first-order chi connectivity index (χ1) is 16.4. The number of halogens is 1. The number of piperazine rings is 1. The Morgan fingerprint density at radius 3 is 2.53 bits per heavy atom. The van der Waals surface area contributed by atoms with Gasteiger partial charge in [0.15, 0.2) is 5.11 Å². The van der Waals surface area contributed by atoms with Gasteiger partial charge < -0.3 is 19.9 Å². The van der Waals surface area contributed by atoms with Gasteiger partial charge in [0.2, 0.25) is 5.91 Å². The van der Waals surface area contributed by atoms with Gasteiger partial charge in [-0.05, 0) is 61.5 Å². The molecule has 2 N–H and O–H groups in total. The summed E-state index contributed by atoms with van der Waals surface area (Å²) in [6, 6.07) is 12.5. The average molecular weight is 503 g/mol. The van der Waals surface area contributed by atoms with Gasteiger partial charge in [0.25, 0.3) is 5.91 Å². The summed E-state index contributed by atoms with van der Waals surface area (Å²) in [5.74, 6) is 0.512. The summed E-state index contributed by atoms with van der Waals surface area (Å²) >= 11 is 11.7. The zero-order chi connectivity index (χ0) is 24.5. The van der Waals surface area contributed by atoms with Crippen molar-refractivity contribution in [2.24, 2.45) is 0 Å². The van der Waals surface area contributed by atoms with E-state index in [0.29, 0.717) is 61.2 Å². The molecule has 2 amide bonds.